The van der Waals surface area contributed by atoms with Crippen molar-refractivity contribution in [2.24, 2.45) is 13.0 Å². The normalized spacial score (nSPS) is 17.3. The monoisotopic (exact) mass is 395 g/mol. The summed E-state index contributed by atoms with van der Waals surface area (Å²) in [6.45, 7) is 0.464. The van der Waals surface area contributed by atoms with Crippen LogP contribution in [0.4, 0.5) is 19.0 Å². The van der Waals surface area contributed by atoms with Crippen LogP contribution in [0.5, 0.6) is 0 Å². The molecule has 3 rings (SSSR count). The van der Waals surface area contributed by atoms with Gasteiger partial charge in [0.1, 0.15) is 11.5 Å². The second-order valence-electron chi connectivity index (χ2n) is 6.61. The van der Waals surface area contributed by atoms with Crippen LogP contribution in [0.2, 0.25) is 0 Å². The first-order valence-corrected chi connectivity index (χ1v) is 8.76. The van der Waals surface area contributed by atoms with Gasteiger partial charge in [-0.3, -0.25) is 20.4 Å². The lowest BCUT2D eigenvalue weighted by Crippen LogP contribution is -2.49. The van der Waals surface area contributed by atoms with E-state index in [2.05, 4.69) is 15.8 Å². The van der Waals surface area contributed by atoms with Crippen molar-refractivity contribution >= 4 is 17.6 Å². The first-order valence-electron chi connectivity index (χ1n) is 8.76. The highest BCUT2D eigenvalue weighted by Gasteiger charge is 2.37. The number of hydrogen-bond acceptors (Lipinski definition) is 4. The SMILES string of the molecule is Cn1cccc1C(=O)NNC(=O)C1CCCN(c2ncccc2C(F)(F)F)C1. The summed E-state index contributed by atoms with van der Waals surface area (Å²) >= 11 is 0. The van der Waals surface area contributed by atoms with E-state index >= 15 is 0 Å². The van der Waals surface area contributed by atoms with Crippen molar-refractivity contribution in [1.82, 2.24) is 20.4 Å². The zero-order chi connectivity index (χ0) is 20.3. The third kappa shape index (κ3) is 4.26. The number of carbonyl (C=O) groups excluding carboxylic acids is 2. The molecule has 2 N–H and O–H groups in total. The molecular weight excluding hydrogens is 375 g/mol. The van der Waals surface area contributed by atoms with Crippen LogP contribution in [0.25, 0.3) is 0 Å². The van der Waals surface area contributed by atoms with E-state index < -0.39 is 29.5 Å². The molecule has 2 aromatic heterocycles. The second-order valence-corrected chi connectivity index (χ2v) is 6.61. The Morgan fingerprint density at radius 3 is 2.68 bits per heavy atom. The number of halogens is 3. The third-order valence-electron chi connectivity index (χ3n) is 4.66. The third-order valence-corrected chi connectivity index (χ3v) is 4.66. The first kappa shape index (κ1) is 19.7. The molecule has 1 atom stereocenters. The number of piperidine rings is 1. The average molecular weight is 395 g/mol. The molecule has 0 spiro atoms. The molecule has 1 aliphatic rings. The lowest BCUT2D eigenvalue weighted by molar-refractivity contribution is -0.137. The largest absolute Gasteiger partial charge is 0.419 e. The summed E-state index contributed by atoms with van der Waals surface area (Å²) in [5, 5.41) is 0. The molecule has 3 heterocycles. The molecule has 1 fully saturated rings. The molecule has 28 heavy (non-hydrogen) atoms. The van der Waals surface area contributed by atoms with Gasteiger partial charge in [0, 0.05) is 32.5 Å². The van der Waals surface area contributed by atoms with Gasteiger partial charge >= 0.3 is 6.18 Å². The molecule has 10 heteroatoms. The number of nitrogens with zero attached hydrogens (tertiary/aromatic N) is 3. The Hall–Kier alpha value is -3.04. The number of nitrogens with one attached hydrogen (secondary N) is 2. The predicted molar refractivity (Wildman–Crippen MR) is 95.2 cm³/mol. The summed E-state index contributed by atoms with van der Waals surface area (Å²) in [6, 6.07) is 5.51. The number of hydrogen-bond donors (Lipinski definition) is 2. The minimum Gasteiger partial charge on any atom is -0.355 e. The lowest BCUT2D eigenvalue weighted by atomic mass is 9.97. The van der Waals surface area contributed by atoms with Crippen molar-refractivity contribution in [3.8, 4) is 0 Å². The van der Waals surface area contributed by atoms with E-state index in [-0.39, 0.29) is 12.4 Å². The topological polar surface area (TPSA) is 79.3 Å². The fourth-order valence-corrected chi connectivity index (χ4v) is 3.24. The van der Waals surface area contributed by atoms with E-state index in [4.69, 9.17) is 0 Å². The van der Waals surface area contributed by atoms with Crippen molar-refractivity contribution in [2.45, 2.75) is 19.0 Å². The van der Waals surface area contributed by atoms with Crippen LogP contribution < -0.4 is 15.8 Å². The van der Waals surface area contributed by atoms with Gasteiger partial charge in [0.2, 0.25) is 5.91 Å². The van der Waals surface area contributed by atoms with E-state index in [1.165, 1.54) is 17.2 Å². The highest BCUT2D eigenvalue weighted by molar-refractivity contribution is 5.94. The smallest absolute Gasteiger partial charge is 0.355 e. The molecule has 1 unspecified atom stereocenters. The van der Waals surface area contributed by atoms with Gasteiger partial charge < -0.3 is 9.47 Å². The van der Waals surface area contributed by atoms with Crippen LogP contribution in [0.1, 0.15) is 28.9 Å². The van der Waals surface area contributed by atoms with E-state index in [0.717, 1.165) is 6.07 Å². The quantitative estimate of drug-likeness (QED) is 0.781. The number of amides is 2. The average Bonchev–Trinajstić information content (AvgIpc) is 3.11. The Kier molecular flexibility index (Phi) is 5.57. The Balaban J connectivity index is 1.64. The Labute approximate surface area is 159 Å². The van der Waals surface area contributed by atoms with Crippen LogP contribution >= 0.6 is 0 Å². The molecule has 7 nitrogen and oxygen atoms in total. The van der Waals surface area contributed by atoms with Crippen molar-refractivity contribution in [3.05, 3.63) is 47.9 Å². The van der Waals surface area contributed by atoms with Crippen LogP contribution in [-0.2, 0) is 18.0 Å². The molecule has 0 bridgehead atoms. The number of rotatable bonds is 3. The van der Waals surface area contributed by atoms with Crippen molar-refractivity contribution < 1.29 is 22.8 Å². The zero-order valence-corrected chi connectivity index (χ0v) is 15.2. The first-order chi connectivity index (χ1) is 13.3. The standard InChI is InChI=1S/C18H20F3N5O2/c1-25-9-4-7-14(25)17(28)24-23-16(27)12-5-3-10-26(11-12)15-13(18(19,20)21)6-2-8-22-15/h2,4,6-9,12H,3,5,10-11H2,1H3,(H,23,27)(H,24,28). The zero-order valence-electron chi connectivity index (χ0n) is 15.2. The van der Waals surface area contributed by atoms with Gasteiger partial charge in [-0.15, -0.1) is 0 Å². The molecule has 1 aliphatic heterocycles. The molecule has 0 saturated carbocycles. The highest BCUT2D eigenvalue weighted by atomic mass is 19.4. The van der Waals surface area contributed by atoms with Crippen molar-refractivity contribution in [1.29, 1.82) is 0 Å². The number of hydrazine groups is 1. The summed E-state index contributed by atoms with van der Waals surface area (Å²) in [7, 11) is 1.70. The van der Waals surface area contributed by atoms with E-state index in [9.17, 15) is 22.8 Å². The highest BCUT2D eigenvalue weighted by Crippen LogP contribution is 2.36. The van der Waals surface area contributed by atoms with Gasteiger partial charge in [-0.1, -0.05) is 0 Å². The minimum absolute atomic E-state index is 0.0892. The molecule has 0 aliphatic carbocycles. The minimum atomic E-state index is -4.53. The molecule has 2 amide bonds. The Morgan fingerprint density at radius 1 is 1.21 bits per heavy atom. The molecule has 150 valence electrons. The van der Waals surface area contributed by atoms with Gasteiger partial charge in [0.25, 0.3) is 5.91 Å². The number of aromatic nitrogens is 2. The summed E-state index contributed by atoms with van der Waals surface area (Å²) in [4.78, 5) is 29.8. The van der Waals surface area contributed by atoms with Gasteiger partial charge in [-0.25, -0.2) is 4.98 Å². The van der Waals surface area contributed by atoms with Crippen LogP contribution in [0.15, 0.2) is 36.7 Å². The molecule has 0 aromatic carbocycles. The second kappa shape index (κ2) is 7.91. The number of aryl methyl sites for hydroxylation is 1. The summed E-state index contributed by atoms with van der Waals surface area (Å²) in [6.07, 6.45) is -0.481. The van der Waals surface area contributed by atoms with Crippen LogP contribution in [0.3, 0.4) is 0 Å². The maximum Gasteiger partial charge on any atom is 0.419 e. The molecule has 2 aromatic rings. The van der Waals surface area contributed by atoms with Gasteiger partial charge in [0.15, 0.2) is 0 Å². The van der Waals surface area contributed by atoms with E-state index in [1.54, 1.807) is 29.9 Å². The Morgan fingerprint density at radius 2 is 2.00 bits per heavy atom. The number of alkyl halides is 3. The number of anilines is 1. The van der Waals surface area contributed by atoms with Crippen molar-refractivity contribution in [2.75, 3.05) is 18.0 Å². The van der Waals surface area contributed by atoms with Gasteiger partial charge in [0.05, 0.1) is 11.5 Å². The van der Waals surface area contributed by atoms with Gasteiger partial charge in [-0.05, 0) is 37.1 Å². The molecular formula is C18H20F3N5O2. The predicted octanol–water partition coefficient (Wildman–Crippen LogP) is 2.12. The van der Waals surface area contributed by atoms with Crippen LogP contribution in [-0.4, -0.2) is 34.5 Å². The summed E-state index contributed by atoms with van der Waals surface area (Å²) in [5.41, 5.74) is 4.25. The summed E-state index contributed by atoms with van der Waals surface area (Å²) < 4.78 is 41.3. The maximum absolute atomic E-state index is 13.2. The Bertz CT molecular complexity index is 865. The van der Waals surface area contributed by atoms with Crippen LogP contribution in [0, 0.1) is 5.92 Å². The summed E-state index contributed by atoms with van der Waals surface area (Å²) in [5.74, 6) is -1.67. The fraction of sp³-hybridized carbons (Fsp3) is 0.389. The van der Waals surface area contributed by atoms with E-state index in [1.807, 2.05) is 0 Å². The van der Waals surface area contributed by atoms with Crippen molar-refractivity contribution in [3.63, 3.8) is 0 Å². The van der Waals surface area contributed by atoms with E-state index in [0.29, 0.717) is 25.1 Å². The van der Waals surface area contributed by atoms with Gasteiger partial charge in [-0.2, -0.15) is 13.2 Å². The fourth-order valence-electron chi connectivity index (χ4n) is 3.24. The maximum atomic E-state index is 13.2. The lowest BCUT2D eigenvalue weighted by Gasteiger charge is -2.34. The number of carbonyl (C=O) groups is 2. The molecule has 1 saturated heterocycles. The number of pyridine rings is 1. The molecule has 0 radical (unpaired) electrons.